The van der Waals surface area contributed by atoms with Gasteiger partial charge in [-0.3, -0.25) is 0 Å². The van der Waals surface area contributed by atoms with Gasteiger partial charge < -0.3 is 15.2 Å². The first-order valence-corrected chi connectivity index (χ1v) is 7.71. The molecule has 0 fully saturated rings. The van der Waals surface area contributed by atoms with E-state index in [1.807, 2.05) is 30.3 Å². The topological polar surface area (TPSA) is 44.5 Å². The molecule has 0 saturated heterocycles. The molecule has 2 N–H and O–H groups in total. The minimum Gasteiger partial charge on any atom is -0.486 e. The summed E-state index contributed by atoms with van der Waals surface area (Å²) in [5.74, 6) is 1.39. The molecule has 0 aliphatic carbocycles. The van der Waals surface area contributed by atoms with Crippen LogP contribution in [0.25, 0.3) is 0 Å². The van der Waals surface area contributed by atoms with Crippen LogP contribution in [0, 0.1) is 3.57 Å². The van der Waals surface area contributed by atoms with Crippen molar-refractivity contribution >= 4 is 34.2 Å². The quantitative estimate of drug-likeness (QED) is 0.779. The first kappa shape index (κ1) is 14.0. The molecule has 1 atom stereocenters. The fourth-order valence-electron chi connectivity index (χ4n) is 2.21. The van der Waals surface area contributed by atoms with Gasteiger partial charge in [-0.25, -0.2) is 0 Å². The van der Waals surface area contributed by atoms with E-state index in [1.54, 1.807) is 6.07 Å². The molecular weight excluding hydrogens is 389 g/mol. The van der Waals surface area contributed by atoms with E-state index in [0.717, 1.165) is 14.7 Å². The Morgan fingerprint density at radius 3 is 2.40 bits per heavy atom. The summed E-state index contributed by atoms with van der Waals surface area (Å²) in [4.78, 5) is 0. The van der Waals surface area contributed by atoms with E-state index in [2.05, 4.69) is 22.6 Å². The predicted molar refractivity (Wildman–Crippen MR) is 87.6 cm³/mol. The highest BCUT2D eigenvalue weighted by Crippen LogP contribution is 2.39. The summed E-state index contributed by atoms with van der Waals surface area (Å²) >= 11 is 8.62. The Kier molecular flexibility index (Phi) is 4.05. The van der Waals surface area contributed by atoms with Gasteiger partial charge in [0.15, 0.2) is 11.5 Å². The van der Waals surface area contributed by atoms with Crippen LogP contribution in [-0.4, -0.2) is 13.2 Å². The molecule has 0 spiro atoms. The van der Waals surface area contributed by atoms with E-state index in [-0.39, 0.29) is 6.04 Å². The number of halogens is 2. The van der Waals surface area contributed by atoms with Gasteiger partial charge in [-0.15, -0.1) is 0 Å². The van der Waals surface area contributed by atoms with Gasteiger partial charge in [-0.1, -0.05) is 29.8 Å². The molecule has 20 heavy (non-hydrogen) atoms. The molecule has 2 aromatic rings. The second-order valence-corrected chi connectivity index (χ2v) is 6.09. The Balaban J connectivity index is 2.03. The molecule has 0 amide bonds. The SMILES string of the molecule is NC(c1cc2c(cc1Cl)OCCO2)c1ccccc1I. The monoisotopic (exact) mass is 401 g/mol. The molecule has 0 aromatic heterocycles. The van der Waals surface area contributed by atoms with Crippen molar-refractivity contribution in [3.05, 3.63) is 56.1 Å². The fourth-order valence-corrected chi connectivity index (χ4v) is 3.21. The summed E-state index contributed by atoms with van der Waals surface area (Å²) in [6.07, 6.45) is 0. The zero-order valence-electron chi connectivity index (χ0n) is 10.6. The van der Waals surface area contributed by atoms with Gasteiger partial charge in [0.05, 0.1) is 6.04 Å². The van der Waals surface area contributed by atoms with E-state index in [1.165, 1.54) is 0 Å². The molecule has 1 aliphatic heterocycles. The van der Waals surface area contributed by atoms with Crippen molar-refractivity contribution in [2.75, 3.05) is 13.2 Å². The lowest BCUT2D eigenvalue weighted by atomic mass is 9.99. The third-order valence-electron chi connectivity index (χ3n) is 3.24. The van der Waals surface area contributed by atoms with Crippen LogP contribution in [0.3, 0.4) is 0 Å². The van der Waals surface area contributed by atoms with Crippen molar-refractivity contribution in [3.8, 4) is 11.5 Å². The summed E-state index contributed by atoms with van der Waals surface area (Å²) in [7, 11) is 0. The highest BCUT2D eigenvalue weighted by Gasteiger charge is 2.20. The molecule has 3 rings (SSSR count). The van der Waals surface area contributed by atoms with Crippen LogP contribution in [0.5, 0.6) is 11.5 Å². The summed E-state index contributed by atoms with van der Waals surface area (Å²) in [6, 6.07) is 11.4. The minimum absolute atomic E-state index is 0.286. The molecule has 2 aromatic carbocycles. The number of hydrogen-bond donors (Lipinski definition) is 1. The molecule has 104 valence electrons. The van der Waals surface area contributed by atoms with E-state index in [0.29, 0.717) is 29.7 Å². The second kappa shape index (κ2) is 5.79. The summed E-state index contributed by atoms with van der Waals surface area (Å²) in [5.41, 5.74) is 8.26. The Morgan fingerprint density at radius 1 is 1.05 bits per heavy atom. The minimum atomic E-state index is -0.286. The highest BCUT2D eigenvalue weighted by molar-refractivity contribution is 14.1. The zero-order valence-corrected chi connectivity index (χ0v) is 13.5. The highest BCUT2D eigenvalue weighted by atomic mass is 127. The molecule has 3 nitrogen and oxygen atoms in total. The predicted octanol–water partition coefficient (Wildman–Crippen LogP) is 3.76. The number of fused-ring (bicyclic) bond motifs is 1. The number of rotatable bonds is 2. The summed E-state index contributed by atoms with van der Waals surface area (Å²) < 4.78 is 12.2. The van der Waals surface area contributed by atoms with Crippen molar-refractivity contribution in [1.82, 2.24) is 0 Å². The largest absolute Gasteiger partial charge is 0.486 e. The van der Waals surface area contributed by atoms with E-state index in [4.69, 9.17) is 26.8 Å². The van der Waals surface area contributed by atoms with Gasteiger partial charge in [-0.2, -0.15) is 0 Å². The van der Waals surface area contributed by atoms with Crippen molar-refractivity contribution < 1.29 is 9.47 Å². The van der Waals surface area contributed by atoms with Crippen molar-refractivity contribution in [2.45, 2.75) is 6.04 Å². The Labute approximate surface area is 136 Å². The van der Waals surface area contributed by atoms with E-state index >= 15 is 0 Å². The summed E-state index contributed by atoms with van der Waals surface area (Å²) in [5, 5.41) is 0.599. The van der Waals surface area contributed by atoms with Crippen LogP contribution in [0.1, 0.15) is 17.2 Å². The molecule has 1 unspecified atom stereocenters. The van der Waals surface area contributed by atoms with Crippen LogP contribution in [0.2, 0.25) is 5.02 Å². The smallest absolute Gasteiger partial charge is 0.162 e. The average Bonchev–Trinajstić information content (AvgIpc) is 2.46. The van der Waals surface area contributed by atoms with Crippen molar-refractivity contribution in [3.63, 3.8) is 0 Å². The standard InChI is InChI=1S/C15H13ClINO2/c16-11-8-14-13(19-5-6-20-14)7-10(11)15(18)9-3-1-2-4-12(9)17/h1-4,7-8,15H,5-6,18H2. The molecule has 1 heterocycles. The van der Waals surface area contributed by atoms with E-state index in [9.17, 15) is 0 Å². The van der Waals surface area contributed by atoms with Crippen LogP contribution in [0.15, 0.2) is 36.4 Å². The van der Waals surface area contributed by atoms with Gasteiger partial charge in [-0.05, 0) is 45.9 Å². The molecular formula is C15H13ClINO2. The normalized spacial score (nSPS) is 14.9. The Bertz CT molecular complexity index is 648. The summed E-state index contributed by atoms with van der Waals surface area (Å²) in [6.45, 7) is 1.09. The molecule has 0 bridgehead atoms. The second-order valence-electron chi connectivity index (χ2n) is 4.52. The first-order valence-electron chi connectivity index (χ1n) is 6.26. The molecule has 0 saturated carbocycles. The van der Waals surface area contributed by atoms with Crippen molar-refractivity contribution in [1.29, 1.82) is 0 Å². The number of ether oxygens (including phenoxy) is 2. The third-order valence-corrected chi connectivity index (χ3v) is 4.55. The van der Waals surface area contributed by atoms with Crippen LogP contribution >= 0.6 is 34.2 Å². The number of hydrogen-bond acceptors (Lipinski definition) is 3. The maximum atomic E-state index is 6.37. The molecule has 1 aliphatic rings. The Hall–Kier alpha value is -0.980. The van der Waals surface area contributed by atoms with Gasteiger partial charge in [0.1, 0.15) is 13.2 Å². The van der Waals surface area contributed by atoms with Crippen molar-refractivity contribution in [2.24, 2.45) is 5.73 Å². The zero-order chi connectivity index (χ0) is 14.1. The lowest BCUT2D eigenvalue weighted by Crippen LogP contribution is -2.18. The number of nitrogens with two attached hydrogens (primary N) is 1. The van der Waals surface area contributed by atoms with Gasteiger partial charge in [0.2, 0.25) is 0 Å². The van der Waals surface area contributed by atoms with Crippen LogP contribution in [-0.2, 0) is 0 Å². The molecule has 5 heteroatoms. The van der Waals surface area contributed by atoms with Gasteiger partial charge in [0.25, 0.3) is 0 Å². The average molecular weight is 402 g/mol. The lowest BCUT2D eigenvalue weighted by molar-refractivity contribution is 0.171. The van der Waals surface area contributed by atoms with Crippen LogP contribution in [0.4, 0.5) is 0 Å². The first-order chi connectivity index (χ1) is 9.66. The third kappa shape index (κ3) is 2.60. The maximum Gasteiger partial charge on any atom is 0.162 e. The Morgan fingerprint density at radius 2 is 1.70 bits per heavy atom. The fraction of sp³-hybridized carbons (Fsp3) is 0.200. The lowest BCUT2D eigenvalue weighted by Gasteiger charge is -2.22. The maximum absolute atomic E-state index is 6.37. The van der Waals surface area contributed by atoms with E-state index < -0.39 is 0 Å². The van der Waals surface area contributed by atoms with Gasteiger partial charge >= 0.3 is 0 Å². The van der Waals surface area contributed by atoms with Crippen LogP contribution < -0.4 is 15.2 Å². The molecule has 0 radical (unpaired) electrons. The van der Waals surface area contributed by atoms with Gasteiger partial charge in [0, 0.05) is 14.7 Å². The number of benzene rings is 2.